The van der Waals surface area contributed by atoms with E-state index in [0.717, 1.165) is 17.6 Å². The first-order chi connectivity index (χ1) is 8.73. The third-order valence-electron chi connectivity index (χ3n) is 2.76. The van der Waals surface area contributed by atoms with Gasteiger partial charge in [0.2, 0.25) is 5.91 Å². The van der Waals surface area contributed by atoms with E-state index in [2.05, 4.69) is 10.3 Å². The number of carbonyl (C=O) groups is 1. The van der Waals surface area contributed by atoms with Gasteiger partial charge in [-0.05, 0) is 13.0 Å². The summed E-state index contributed by atoms with van der Waals surface area (Å²) in [5.41, 5.74) is 0.835. The molecule has 0 aromatic carbocycles. The van der Waals surface area contributed by atoms with E-state index in [1.54, 1.807) is 12.3 Å². The van der Waals surface area contributed by atoms with E-state index < -0.39 is 21.0 Å². The molecule has 106 valence electrons. The number of carbonyl (C=O) groups excluding carboxylic acids is 1. The summed E-state index contributed by atoms with van der Waals surface area (Å²) in [5, 5.41) is 1.57. The molecule has 1 aromatic rings. The van der Waals surface area contributed by atoms with E-state index >= 15 is 0 Å². The normalized spacial score (nSPS) is 12.8. The fourth-order valence-electron chi connectivity index (χ4n) is 1.49. The molecule has 0 fully saturated rings. The van der Waals surface area contributed by atoms with Gasteiger partial charge in [-0.25, -0.2) is 13.4 Å². The molecule has 0 aliphatic heterocycles. The van der Waals surface area contributed by atoms with Crippen LogP contribution in [0.4, 0.5) is 5.82 Å². The quantitative estimate of drug-likeness (QED) is 0.836. The minimum atomic E-state index is -3.37. The van der Waals surface area contributed by atoms with Gasteiger partial charge in [-0.15, -0.1) is 0 Å². The number of nitrogens with one attached hydrogen (secondary N) is 1. The molecular formula is C12H19N3O3S. The summed E-state index contributed by atoms with van der Waals surface area (Å²) in [5.74, 6) is 0.242. The molecule has 1 heterocycles. The van der Waals surface area contributed by atoms with Crippen molar-refractivity contribution in [1.82, 2.24) is 10.3 Å². The first-order valence-corrected chi connectivity index (χ1v) is 7.76. The maximum Gasteiger partial charge on any atom is 0.238 e. The van der Waals surface area contributed by atoms with Crippen LogP contribution in [-0.4, -0.2) is 44.9 Å². The molecule has 0 aliphatic carbocycles. The van der Waals surface area contributed by atoms with E-state index in [1.807, 2.05) is 25.1 Å². The number of nitrogens with zero attached hydrogens (tertiary/aromatic N) is 2. The van der Waals surface area contributed by atoms with Crippen molar-refractivity contribution >= 4 is 21.6 Å². The molecule has 1 amide bonds. The van der Waals surface area contributed by atoms with E-state index in [-0.39, 0.29) is 6.54 Å². The molecule has 0 radical (unpaired) electrons. The van der Waals surface area contributed by atoms with Crippen molar-refractivity contribution in [1.29, 1.82) is 0 Å². The standard InChI is InChI=1S/C12H19N3O3S/c1-9(19(4,17)18)12(16)14-8-10-6-5-7-13-11(10)15(2)3/h5-7,9H,8H2,1-4H3,(H,14,16). The van der Waals surface area contributed by atoms with Gasteiger partial charge in [0, 0.05) is 38.7 Å². The number of pyridine rings is 1. The molecule has 0 aliphatic rings. The highest BCUT2D eigenvalue weighted by Gasteiger charge is 2.23. The number of hydrogen-bond acceptors (Lipinski definition) is 5. The monoisotopic (exact) mass is 285 g/mol. The number of rotatable bonds is 5. The lowest BCUT2D eigenvalue weighted by Crippen LogP contribution is -2.37. The van der Waals surface area contributed by atoms with Crippen molar-refractivity contribution in [3.63, 3.8) is 0 Å². The first kappa shape index (κ1) is 15.4. The van der Waals surface area contributed by atoms with E-state index in [1.165, 1.54) is 6.92 Å². The minimum Gasteiger partial charge on any atom is -0.362 e. The Bertz CT molecular complexity index is 555. The SMILES string of the molecule is CC(C(=O)NCc1cccnc1N(C)C)S(C)(=O)=O. The Kier molecular flexibility index (Phi) is 4.88. The van der Waals surface area contributed by atoms with Crippen LogP contribution in [-0.2, 0) is 21.2 Å². The minimum absolute atomic E-state index is 0.250. The van der Waals surface area contributed by atoms with Crippen LogP contribution in [0.2, 0.25) is 0 Å². The Hall–Kier alpha value is -1.63. The largest absolute Gasteiger partial charge is 0.362 e. The topological polar surface area (TPSA) is 79.4 Å². The number of anilines is 1. The summed E-state index contributed by atoms with van der Waals surface area (Å²) >= 11 is 0. The molecule has 0 bridgehead atoms. The van der Waals surface area contributed by atoms with Gasteiger partial charge in [-0.1, -0.05) is 6.07 Å². The molecule has 0 saturated heterocycles. The Morgan fingerprint density at radius 2 is 2.11 bits per heavy atom. The van der Waals surface area contributed by atoms with Crippen molar-refractivity contribution in [3.8, 4) is 0 Å². The van der Waals surface area contributed by atoms with Crippen molar-refractivity contribution in [2.45, 2.75) is 18.7 Å². The average Bonchev–Trinajstić information content (AvgIpc) is 2.34. The lowest BCUT2D eigenvalue weighted by Gasteiger charge is -2.17. The van der Waals surface area contributed by atoms with Gasteiger partial charge < -0.3 is 10.2 Å². The summed E-state index contributed by atoms with van der Waals surface area (Å²) in [6.07, 6.45) is 2.71. The smallest absolute Gasteiger partial charge is 0.238 e. The summed E-state index contributed by atoms with van der Waals surface area (Å²) in [7, 11) is 0.337. The van der Waals surface area contributed by atoms with Crippen LogP contribution in [0, 0.1) is 0 Å². The molecule has 7 heteroatoms. The molecule has 19 heavy (non-hydrogen) atoms. The van der Waals surface area contributed by atoms with E-state index in [0.29, 0.717) is 0 Å². The molecule has 1 rings (SSSR count). The van der Waals surface area contributed by atoms with Gasteiger partial charge in [0.25, 0.3) is 0 Å². The number of sulfone groups is 1. The first-order valence-electron chi connectivity index (χ1n) is 5.81. The second-order valence-corrected chi connectivity index (χ2v) is 6.94. The Morgan fingerprint density at radius 3 is 2.63 bits per heavy atom. The second kappa shape index (κ2) is 6.01. The van der Waals surface area contributed by atoms with E-state index in [9.17, 15) is 13.2 Å². The van der Waals surface area contributed by atoms with Crippen molar-refractivity contribution in [2.75, 3.05) is 25.3 Å². The number of hydrogen-bond donors (Lipinski definition) is 1. The van der Waals surface area contributed by atoms with Gasteiger partial charge in [0.15, 0.2) is 9.84 Å². The van der Waals surface area contributed by atoms with Crippen molar-refractivity contribution < 1.29 is 13.2 Å². The average molecular weight is 285 g/mol. The summed E-state index contributed by atoms with van der Waals surface area (Å²) in [4.78, 5) is 17.8. The third-order valence-corrected chi connectivity index (χ3v) is 4.25. The second-order valence-electron chi connectivity index (χ2n) is 4.57. The fraction of sp³-hybridized carbons (Fsp3) is 0.500. The molecule has 1 atom stereocenters. The van der Waals surface area contributed by atoms with Crippen LogP contribution in [0.1, 0.15) is 12.5 Å². The molecule has 0 saturated carbocycles. The van der Waals surface area contributed by atoms with Crippen LogP contribution < -0.4 is 10.2 Å². The maximum absolute atomic E-state index is 11.7. The molecule has 1 N–H and O–H groups in total. The highest BCUT2D eigenvalue weighted by molar-refractivity contribution is 7.92. The van der Waals surface area contributed by atoms with Gasteiger partial charge in [-0.3, -0.25) is 4.79 Å². The fourth-order valence-corrected chi connectivity index (χ4v) is 1.96. The molecule has 1 unspecified atom stereocenters. The van der Waals surface area contributed by atoms with Gasteiger partial charge in [-0.2, -0.15) is 0 Å². The van der Waals surface area contributed by atoms with Crippen molar-refractivity contribution in [2.24, 2.45) is 0 Å². The van der Waals surface area contributed by atoms with Crippen LogP contribution in [0.5, 0.6) is 0 Å². The van der Waals surface area contributed by atoms with Gasteiger partial charge in [0.1, 0.15) is 11.1 Å². The Morgan fingerprint density at radius 1 is 1.47 bits per heavy atom. The summed E-state index contributed by atoms with van der Waals surface area (Å²) < 4.78 is 22.6. The lowest BCUT2D eigenvalue weighted by atomic mass is 10.2. The predicted molar refractivity (Wildman–Crippen MR) is 74.7 cm³/mol. The van der Waals surface area contributed by atoms with Crippen LogP contribution in [0.3, 0.4) is 0 Å². The van der Waals surface area contributed by atoms with Crippen LogP contribution in [0.25, 0.3) is 0 Å². The number of aromatic nitrogens is 1. The van der Waals surface area contributed by atoms with Crippen LogP contribution >= 0.6 is 0 Å². The highest BCUT2D eigenvalue weighted by Crippen LogP contribution is 2.14. The highest BCUT2D eigenvalue weighted by atomic mass is 32.2. The maximum atomic E-state index is 11.7. The summed E-state index contributed by atoms with van der Waals surface area (Å²) in [6, 6.07) is 3.61. The molecule has 1 aromatic heterocycles. The zero-order chi connectivity index (χ0) is 14.6. The molecular weight excluding hydrogens is 266 g/mol. The third kappa shape index (κ3) is 4.20. The summed E-state index contributed by atoms with van der Waals surface area (Å²) in [6.45, 7) is 1.63. The molecule has 0 spiro atoms. The van der Waals surface area contributed by atoms with E-state index in [4.69, 9.17) is 0 Å². The predicted octanol–water partition coefficient (Wildman–Crippen LogP) is 0.197. The zero-order valence-electron chi connectivity index (χ0n) is 11.5. The molecule has 6 nitrogen and oxygen atoms in total. The zero-order valence-corrected chi connectivity index (χ0v) is 12.4. The van der Waals surface area contributed by atoms with Crippen LogP contribution in [0.15, 0.2) is 18.3 Å². The number of amides is 1. The van der Waals surface area contributed by atoms with Gasteiger partial charge in [0.05, 0.1) is 0 Å². The Labute approximate surface area is 113 Å². The van der Waals surface area contributed by atoms with Crippen molar-refractivity contribution in [3.05, 3.63) is 23.9 Å². The van der Waals surface area contributed by atoms with Gasteiger partial charge >= 0.3 is 0 Å². The lowest BCUT2D eigenvalue weighted by molar-refractivity contribution is -0.120. The Balaban J connectivity index is 2.76.